The number of rotatable bonds is 5. The van der Waals surface area contributed by atoms with Crippen molar-refractivity contribution in [2.75, 3.05) is 0 Å². The Morgan fingerprint density at radius 2 is 1.83 bits per heavy atom. The van der Waals surface area contributed by atoms with Gasteiger partial charge in [-0.15, -0.1) is 0 Å². The average Bonchev–Trinajstić information content (AvgIpc) is 2.93. The first-order valence-corrected chi connectivity index (χ1v) is 9.95. The summed E-state index contributed by atoms with van der Waals surface area (Å²) in [5.74, 6) is -3.18. The van der Waals surface area contributed by atoms with Gasteiger partial charge in [0.15, 0.2) is 11.6 Å². The normalized spacial score (nSPS) is 13.4. The Bertz CT molecular complexity index is 1100. The summed E-state index contributed by atoms with van der Waals surface area (Å²) >= 11 is 5.71. The minimum atomic E-state index is -0.952. The molecule has 2 atom stereocenters. The minimum absolute atomic E-state index is 0.148. The van der Waals surface area contributed by atoms with Gasteiger partial charge in [-0.1, -0.05) is 62.3 Å². The quantitative estimate of drug-likeness (QED) is 0.539. The number of carboxylic acid groups (broad SMARTS) is 1. The van der Waals surface area contributed by atoms with Gasteiger partial charge in [-0.3, -0.25) is 4.79 Å². The maximum absolute atomic E-state index is 14.2. The van der Waals surface area contributed by atoms with Crippen LogP contribution in [0.15, 0.2) is 36.4 Å². The van der Waals surface area contributed by atoms with Crippen molar-refractivity contribution in [2.24, 2.45) is 5.92 Å². The third-order valence-electron chi connectivity index (χ3n) is 5.61. The van der Waals surface area contributed by atoms with E-state index in [1.165, 1.54) is 12.1 Å². The topological polar surface area (TPSA) is 62.5 Å². The molecule has 0 aliphatic carbocycles. The number of carboxylic acids is 1. The molecule has 0 amide bonds. The van der Waals surface area contributed by atoms with Crippen molar-refractivity contribution in [3.05, 3.63) is 64.6 Å². The van der Waals surface area contributed by atoms with Gasteiger partial charge in [0.25, 0.3) is 0 Å². The largest absolute Gasteiger partial charge is 0.505 e. The smallest absolute Gasteiger partial charge is 0.311 e. The number of aryl methyl sites for hydroxylation is 1. The Morgan fingerprint density at radius 1 is 1.21 bits per heavy atom. The Kier molecular flexibility index (Phi) is 5.75. The van der Waals surface area contributed by atoms with Crippen molar-refractivity contribution in [1.82, 2.24) is 4.57 Å². The van der Waals surface area contributed by atoms with Crippen LogP contribution in [0.5, 0.6) is 5.75 Å². The van der Waals surface area contributed by atoms with Crippen molar-refractivity contribution in [1.29, 1.82) is 0 Å². The van der Waals surface area contributed by atoms with Crippen molar-refractivity contribution in [2.45, 2.75) is 40.0 Å². The second-order valence-electron chi connectivity index (χ2n) is 7.53. The summed E-state index contributed by atoms with van der Waals surface area (Å²) in [7, 11) is 0. The van der Waals surface area contributed by atoms with Crippen LogP contribution in [0, 0.1) is 25.6 Å². The molecule has 3 rings (SSSR count). The van der Waals surface area contributed by atoms with Crippen LogP contribution >= 0.6 is 12.2 Å². The number of phenols is 1. The Hall–Kier alpha value is -2.73. The van der Waals surface area contributed by atoms with Crippen LogP contribution in [0.4, 0.5) is 4.39 Å². The molecule has 152 valence electrons. The number of hydrogen-bond acceptors (Lipinski definition) is 3. The minimum Gasteiger partial charge on any atom is -0.505 e. The number of aromatic hydroxyl groups is 1. The first-order chi connectivity index (χ1) is 13.7. The molecule has 0 radical (unpaired) electrons. The molecule has 29 heavy (non-hydrogen) atoms. The van der Waals surface area contributed by atoms with Crippen LogP contribution in [-0.2, 0) is 4.79 Å². The molecule has 2 aromatic carbocycles. The zero-order chi connectivity index (χ0) is 21.5. The van der Waals surface area contributed by atoms with Gasteiger partial charge in [-0.2, -0.15) is 0 Å². The van der Waals surface area contributed by atoms with E-state index in [2.05, 4.69) is 0 Å². The fraction of sp³-hybridized carbons (Fsp3) is 0.304. The maximum atomic E-state index is 14.2. The SMILES string of the molecule is CCC(C)[C@@H](C(=O)O)c1c(C)n(C(=S)c2ccc(C)cc2)c2cc(F)c(O)cc12. The summed E-state index contributed by atoms with van der Waals surface area (Å²) < 4.78 is 16.0. The first-order valence-electron chi connectivity index (χ1n) is 9.54. The summed E-state index contributed by atoms with van der Waals surface area (Å²) in [6.07, 6.45) is 0.665. The van der Waals surface area contributed by atoms with Crippen LogP contribution in [0.3, 0.4) is 0 Å². The number of hydrogen-bond donors (Lipinski definition) is 2. The molecule has 0 fully saturated rings. The summed E-state index contributed by atoms with van der Waals surface area (Å²) in [4.78, 5) is 12.6. The number of aliphatic carboxylic acids is 1. The van der Waals surface area contributed by atoms with Gasteiger partial charge in [-0.25, -0.2) is 4.39 Å². The monoisotopic (exact) mass is 413 g/mol. The molecule has 0 aliphatic rings. The molecule has 0 saturated heterocycles. The summed E-state index contributed by atoms with van der Waals surface area (Å²) in [5.41, 5.74) is 3.52. The van der Waals surface area contributed by atoms with Crippen molar-refractivity contribution in [3.63, 3.8) is 0 Å². The molecular weight excluding hydrogens is 389 g/mol. The van der Waals surface area contributed by atoms with Gasteiger partial charge in [0.2, 0.25) is 0 Å². The highest BCUT2D eigenvalue weighted by molar-refractivity contribution is 7.80. The van der Waals surface area contributed by atoms with E-state index < -0.39 is 23.5 Å². The van der Waals surface area contributed by atoms with Crippen LogP contribution in [-0.4, -0.2) is 25.7 Å². The van der Waals surface area contributed by atoms with E-state index in [4.69, 9.17) is 12.2 Å². The van der Waals surface area contributed by atoms with E-state index in [0.29, 0.717) is 33.6 Å². The van der Waals surface area contributed by atoms with Gasteiger partial charge in [0.05, 0.1) is 11.4 Å². The number of phenolic OH excluding ortho intramolecular Hbond substituents is 1. The Morgan fingerprint density at radius 3 is 2.38 bits per heavy atom. The highest BCUT2D eigenvalue weighted by Gasteiger charge is 2.32. The number of nitrogens with zero attached hydrogens (tertiary/aromatic N) is 1. The predicted octanol–water partition coefficient (Wildman–Crippen LogP) is 5.54. The van der Waals surface area contributed by atoms with Gasteiger partial charge < -0.3 is 14.8 Å². The third kappa shape index (κ3) is 3.65. The van der Waals surface area contributed by atoms with Crippen LogP contribution in [0.1, 0.15) is 48.6 Å². The molecule has 0 bridgehead atoms. The molecule has 1 aromatic heterocycles. The Labute approximate surface area is 174 Å². The van der Waals surface area contributed by atoms with E-state index in [1.807, 2.05) is 45.0 Å². The first kappa shape index (κ1) is 21.0. The van der Waals surface area contributed by atoms with E-state index in [0.717, 1.165) is 11.1 Å². The maximum Gasteiger partial charge on any atom is 0.311 e. The highest BCUT2D eigenvalue weighted by atomic mass is 32.1. The van der Waals surface area contributed by atoms with Gasteiger partial charge >= 0.3 is 5.97 Å². The molecule has 0 saturated carbocycles. The molecule has 3 aromatic rings. The van der Waals surface area contributed by atoms with Gasteiger partial charge in [0, 0.05) is 22.7 Å². The van der Waals surface area contributed by atoms with Crippen LogP contribution < -0.4 is 0 Å². The highest BCUT2D eigenvalue weighted by Crippen LogP contribution is 2.39. The fourth-order valence-electron chi connectivity index (χ4n) is 3.81. The standard InChI is InChI=1S/C23H24FNO3S/c1-5-13(3)20(23(27)28)21-14(4)25(18-11-17(24)19(26)10-16(18)21)22(29)15-8-6-12(2)7-9-15/h6-11,13,20,26H,5H2,1-4H3,(H,27,28)/t13?,20-/m1/s1. The number of thiocarbonyl (C=S) groups is 1. The van der Waals surface area contributed by atoms with Crippen molar-refractivity contribution < 1.29 is 19.4 Å². The molecule has 4 nitrogen and oxygen atoms in total. The number of aromatic nitrogens is 1. The molecule has 0 spiro atoms. The van der Waals surface area contributed by atoms with E-state index in [-0.39, 0.29) is 5.92 Å². The average molecular weight is 414 g/mol. The van der Waals surface area contributed by atoms with Gasteiger partial charge in [-0.05, 0) is 31.4 Å². The van der Waals surface area contributed by atoms with E-state index in [9.17, 15) is 19.4 Å². The Balaban J connectivity index is 2.35. The number of benzene rings is 2. The second kappa shape index (κ2) is 7.95. The van der Waals surface area contributed by atoms with Crippen molar-refractivity contribution in [3.8, 4) is 5.75 Å². The number of carbonyl (C=O) groups is 1. The van der Waals surface area contributed by atoms with E-state index in [1.54, 1.807) is 11.5 Å². The lowest BCUT2D eigenvalue weighted by molar-refractivity contribution is -0.140. The zero-order valence-electron chi connectivity index (χ0n) is 16.9. The van der Waals surface area contributed by atoms with Crippen LogP contribution in [0.25, 0.3) is 10.9 Å². The third-order valence-corrected chi connectivity index (χ3v) is 6.03. The lowest BCUT2D eigenvalue weighted by Gasteiger charge is -2.20. The molecule has 2 N–H and O–H groups in total. The fourth-order valence-corrected chi connectivity index (χ4v) is 4.19. The number of fused-ring (bicyclic) bond motifs is 1. The lowest BCUT2D eigenvalue weighted by Crippen LogP contribution is -2.21. The predicted molar refractivity (Wildman–Crippen MR) is 116 cm³/mol. The molecule has 0 aliphatic heterocycles. The number of halogens is 1. The summed E-state index contributed by atoms with van der Waals surface area (Å²) in [6.45, 7) is 7.58. The lowest BCUT2D eigenvalue weighted by atomic mass is 9.84. The van der Waals surface area contributed by atoms with Gasteiger partial charge in [0.1, 0.15) is 4.99 Å². The van der Waals surface area contributed by atoms with E-state index >= 15 is 0 Å². The van der Waals surface area contributed by atoms with Crippen molar-refractivity contribution >= 4 is 34.1 Å². The molecule has 1 unspecified atom stereocenters. The molecule has 6 heteroatoms. The second-order valence-corrected chi connectivity index (χ2v) is 7.91. The summed E-state index contributed by atoms with van der Waals surface area (Å²) in [6, 6.07) is 10.2. The summed E-state index contributed by atoms with van der Waals surface area (Å²) in [5, 5.41) is 20.4. The molecular formula is C23H24FNO3S. The molecule has 1 heterocycles. The van der Waals surface area contributed by atoms with Crippen LogP contribution in [0.2, 0.25) is 0 Å². The zero-order valence-corrected chi connectivity index (χ0v) is 17.7.